The van der Waals surface area contributed by atoms with Gasteiger partial charge in [-0.05, 0) is 51.8 Å². The molecule has 1 rings (SSSR count). The molecule has 0 radical (unpaired) electrons. The topological polar surface area (TPSA) is 39.7 Å². The third-order valence-corrected chi connectivity index (χ3v) is 3.40. The minimum Gasteiger partial charge on any atom is -0.493 e. The third kappa shape index (κ3) is 5.94. The zero-order valence-corrected chi connectivity index (χ0v) is 14.2. The number of nitrogens with one attached hydrogen (secondary N) is 1. The fourth-order valence-electron chi connectivity index (χ4n) is 2.30. The van der Waals surface area contributed by atoms with Gasteiger partial charge in [-0.25, -0.2) is 0 Å². The number of rotatable bonds is 9. The first-order valence-corrected chi connectivity index (χ1v) is 7.50. The Balaban J connectivity index is 2.56. The van der Waals surface area contributed by atoms with Gasteiger partial charge in [0, 0.05) is 19.2 Å². The minimum absolute atomic E-state index is 0.138. The van der Waals surface area contributed by atoms with E-state index in [1.807, 2.05) is 19.1 Å². The Kier molecular flexibility index (Phi) is 6.99. The fraction of sp³-hybridized carbons (Fsp3) is 0.647. The molecule has 4 heteroatoms. The molecule has 1 aromatic rings. The Morgan fingerprint density at radius 2 is 1.81 bits per heavy atom. The van der Waals surface area contributed by atoms with Gasteiger partial charge in [0.25, 0.3) is 0 Å². The van der Waals surface area contributed by atoms with Gasteiger partial charge in [0.15, 0.2) is 11.5 Å². The molecule has 1 N–H and O–H groups in total. The van der Waals surface area contributed by atoms with E-state index in [0.29, 0.717) is 6.04 Å². The van der Waals surface area contributed by atoms with Crippen LogP contribution in [0.4, 0.5) is 0 Å². The SMILES string of the molecule is CCOC(C)(C)CNC(C)Cc1ccc(OC)c(OC)c1. The first-order valence-electron chi connectivity index (χ1n) is 7.50. The Bertz CT molecular complexity index is 432. The number of hydrogen-bond donors (Lipinski definition) is 1. The average Bonchev–Trinajstić information content (AvgIpc) is 2.45. The molecule has 0 bridgehead atoms. The maximum Gasteiger partial charge on any atom is 0.160 e. The molecule has 0 saturated carbocycles. The predicted octanol–water partition coefficient (Wildman–Crippen LogP) is 3.04. The van der Waals surface area contributed by atoms with Crippen molar-refractivity contribution < 1.29 is 14.2 Å². The first-order chi connectivity index (χ1) is 9.91. The molecule has 0 aliphatic rings. The van der Waals surface area contributed by atoms with Crippen LogP contribution in [0.15, 0.2) is 18.2 Å². The molecule has 1 atom stereocenters. The highest BCUT2D eigenvalue weighted by molar-refractivity contribution is 5.43. The van der Waals surface area contributed by atoms with Gasteiger partial charge in [-0.15, -0.1) is 0 Å². The summed E-state index contributed by atoms with van der Waals surface area (Å²) in [7, 11) is 3.31. The van der Waals surface area contributed by atoms with Crippen LogP contribution in [-0.2, 0) is 11.2 Å². The molecule has 4 nitrogen and oxygen atoms in total. The van der Waals surface area contributed by atoms with Crippen molar-refractivity contribution >= 4 is 0 Å². The molecule has 21 heavy (non-hydrogen) atoms. The normalized spacial score (nSPS) is 13.0. The summed E-state index contributed by atoms with van der Waals surface area (Å²) in [5.41, 5.74) is 1.09. The van der Waals surface area contributed by atoms with Crippen molar-refractivity contribution in [2.24, 2.45) is 0 Å². The van der Waals surface area contributed by atoms with Crippen molar-refractivity contribution in [1.82, 2.24) is 5.32 Å². The van der Waals surface area contributed by atoms with Crippen molar-refractivity contribution in [1.29, 1.82) is 0 Å². The molecule has 0 amide bonds. The molecule has 0 fully saturated rings. The van der Waals surface area contributed by atoms with Crippen LogP contribution in [0, 0.1) is 0 Å². The second kappa shape index (κ2) is 8.25. The Morgan fingerprint density at radius 3 is 2.38 bits per heavy atom. The quantitative estimate of drug-likeness (QED) is 0.760. The number of methoxy groups -OCH3 is 2. The van der Waals surface area contributed by atoms with E-state index in [2.05, 4.69) is 32.2 Å². The van der Waals surface area contributed by atoms with Crippen LogP contribution < -0.4 is 14.8 Å². The van der Waals surface area contributed by atoms with Crippen molar-refractivity contribution in [3.63, 3.8) is 0 Å². The lowest BCUT2D eigenvalue weighted by molar-refractivity contribution is -0.0102. The lowest BCUT2D eigenvalue weighted by Gasteiger charge is -2.27. The molecule has 0 aliphatic carbocycles. The Hall–Kier alpha value is -1.26. The molecular weight excluding hydrogens is 266 g/mol. The van der Waals surface area contributed by atoms with Crippen LogP contribution in [0.3, 0.4) is 0 Å². The second-order valence-corrected chi connectivity index (χ2v) is 5.87. The third-order valence-electron chi connectivity index (χ3n) is 3.40. The molecule has 0 spiro atoms. The van der Waals surface area contributed by atoms with E-state index in [1.54, 1.807) is 14.2 Å². The highest BCUT2D eigenvalue weighted by atomic mass is 16.5. The van der Waals surface area contributed by atoms with Gasteiger partial charge in [0.2, 0.25) is 0 Å². The molecule has 1 unspecified atom stereocenters. The van der Waals surface area contributed by atoms with E-state index in [1.165, 1.54) is 5.56 Å². The highest BCUT2D eigenvalue weighted by Gasteiger charge is 2.18. The summed E-state index contributed by atoms with van der Waals surface area (Å²) in [4.78, 5) is 0. The highest BCUT2D eigenvalue weighted by Crippen LogP contribution is 2.27. The van der Waals surface area contributed by atoms with Gasteiger partial charge >= 0.3 is 0 Å². The van der Waals surface area contributed by atoms with Crippen LogP contribution in [0.5, 0.6) is 11.5 Å². The minimum atomic E-state index is -0.138. The zero-order valence-electron chi connectivity index (χ0n) is 14.2. The van der Waals surface area contributed by atoms with Crippen molar-refractivity contribution in [3.8, 4) is 11.5 Å². The summed E-state index contributed by atoms with van der Waals surface area (Å²) < 4.78 is 16.3. The zero-order chi connectivity index (χ0) is 15.9. The second-order valence-electron chi connectivity index (χ2n) is 5.87. The predicted molar refractivity (Wildman–Crippen MR) is 86.4 cm³/mol. The number of ether oxygens (including phenoxy) is 3. The number of hydrogen-bond acceptors (Lipinski definition) is 4. The van der Waals surface area contributed by atoms with Gasteiger partial charge in [-0.3, -0.25) is 0 Å². The van der Waals surface area contributed by atoms with E-state index in [0.717, 1.165) is 31.1 Å². The van der Waals surface area contributed by atoms with E-state index in [4.69, 9.17) is 14.2 Å². The van der Waals surface area contributed by atoms with Gasteiger partial charge in [0.1, 0.15) is 0 Å². The van der Waals surface area contributed by atoms with Crippen LogP contribution in [-0.4, -0.2) is 39.0 Å². The summed E-state index contributed by atoms with van der Waals surface area (Å²) in [6, 6.07) is 6.42. The van der Waals surface area contributed by atoms with Crippen molar-refractivity contribution in [2.45, 2.75) is 45.8 Å². The van der Waals surface area contributed by atoms with Crippen LogP contribution >= 0.6 is 0 Å². The van der Waals surface area contributed by atoms with E-state index < -0.39 is 0 Å². The maximum atomic E-state index is 5.70. The fourth-order valence-corrected chi connectivity index (χ4v) is 2.30. The first kappa shape index (κ1) is 17.8. The van der Waals surface area contributed by atoms with Crippen molar-refractivity contribution in [3.05, 3.63) is 23.8 Å². The lowest BCUT2D eigenvalue weighted by Crippen LogP contribution is -2.42. The molecular formula is C17H29NO3. The Morgan fingerprint density at radius 1 is 1.14 bits per heavy atom. The smallest absolute Gasteiger partial charge is 0.160 e. The van der Waals surface area contributed by atoms with Gasteiger partial charge in [-0.2, -0.15) is 0 Å². The lowest BCUT2D eigenvalue weighted by atomic mass is 10.0. The van der Waals surface area contributed by atoms with E-state index in [9.17, 15) is 0 Å². The molecule has 0 aliphatic heterocycles. The summed E-state index contributed by atoms with van der Waals surface area (Å²) in [5.74, 6) is 1.54. The summed E-state index contributed by atoms with van der Waals surface area (Å²) in [6.07, 6.45) is 0.933. The molecule has 120 valence electrons. The van der Waals surface area contributed by atoms with Gasteiger partial charge < -0.3 is 19.5 Å². The average molecular weight is 295 g/mol. The summed E-state index contributed by atoms with van der Waals surface area (Å²) in [6.45, 7) is 9.97. The standard InChI is InChI=1S/C17H29NO3/c1-7-21-17(3,4)12-18-13(2)10-14-8-9-15(19-5)16(11-14)20-6/h8-9,11,13,18H,7,10,12H2,1-6H3. The van der Waals surface area contributed by atoms with Crippen LogP contribution in [0.2, 0.25) is 0 Å². The van der Waals surface area contributed by atoms with Gasteiger partial charge in [-0.1, -0.05) is 6.07 Å². The molecule has 0 aromatic heterocycles. The largest absolute Gasteiger partial charge is 0.493 e. The molecule has 0 heterocycles. The van der Waals surface area contributed by atoms with Crippen LogP contribution in [0.1, 0.15) is 33.3 Å². The molecule has 0 saturated heterocycles. The number of benzene rings is 1. The summed E-state index contributed by atoms with van der Waals surface area (Å²) >= 11 is 0. The van der Waals surface area contributed by atoms with Gasteiger partial charge in [0.05, 0.1) is 19.8 Å². The molecule has 1 aromatic carbocycles. The van der Waals surface area contributed by atoms with Crippen LogP contribution in [0.25, 0.3) is 0 Å². The van der Waals surface area contributed by atoms with E-state index in [-0.39, 0.29) is 5.60 Å². The Labute approximate surface area is 128 Å². The van der Waals surface area contributed by atoms with E-state index >= 15 is 0 Å². The monoisotopic (exact) mass is 295 g/mol. The maximum absolute atomic E-state index is 5.70. The van der Waals surface area contributed by atoms with Crippen molar-refractivity contribution in [2.75, 3.05) is 27.4 Å². The summed E-state index contributed by atoms with van der Waals surface area (Å²) in [5, 5.41) is 3.53.